The van der Waals surface area contributed by atoms with E-state index in [2.05, 4.69) is 5.32 Å². The van der Waals surface area contributed by atoms with Gasteiger partial charge in [0.1, 0.15) is 17.0 Å². The molecule has 1 aliphatic heterocycles. The van der Waals surface area contributed by atoms with E-state index in [0.29, 0.717) is 56.2 Å². The minimum absolute atomic E-state index is 0.00224. The molecule has 0 bridgehead atoms. The van der Waals surface area contributed by atoms with Crippen molar-refractivity contribution in [2.45, 2.75) is 92.2 Å². The molecule has 326 valence electrons. The number of carbonyl (C=O) groups excluding carboxylic acids is 3. The van der Waals surface area contributed by atoms with Gasteiger partial charge in [0.2, 0.25) is 5.43 Å². The van der Waals surface area contributed by atoms with Crippen LogP contribution in [0.1, 0.15) is 103 Å². The van der Waals surface area contributed by atoms with Gasteiger partial charge in [0.05, 0.1) is 37.6 Å². The number of esters is 1. The normalized spacial score (nSPS) is 15.1. The van der Waals surface area contributed by atoms with E-state index in [4.69, 9.17) is 27.6 Å². The summed E-state index contributed by atoms with van der Waals surface area (Å²) in [5.74, 6) is -2.32. The third-order valence-corrected chi connectivity index (χ3v) is 14.3. The van der Waals surface area contributed by atoms with Crippen molar-refractivity contribution in [3.8, 4) is 0 Å². The van der Waals surface area contributed by atoms with Crippen molar-refractivity contribution in [1.29, 1.82) is 0 Å². The Morgan fingerprint density at radius 2 is 1.51 bits per heavy atom. The minimum atomic E-state index is -3.74. The van der Waals surface area contributed by atoms with E-state index < -0.39 is 62.8 Å². The van der Waals surface area contributed by atoms with Crippen LogP contribution < -0.4 is 15.6 Å². The minimum Gasteiger partial charge on any atom is -0.452 e. The molecule has 2 amide bonds. The number of halogens is 1. The number of hydrogen-bond acceptors (Lipinski definition) is 12. The van der Waals surface area contributed by atoms with Crippen molar-refractivity contribution < 1.29 is 50.9 Å². The lowest BCUT2D eigenvalue weighted by Crippen LogP contribution is -2.50. The topological polar surface area (TPSA) is 164 Å². The molecular formula is C41H59FN4O11P2. The Hall–Kier alpha value is -3.91. The van der Waals surface area contributed by atoms with Gasteiger partial charge in [0.25, 0.3) is 5.91 Å². The summed E-state index contributed by atoms with van der Waals surface area (Å²) in [6, 6.07) is 9.27. The summed E-state index contributed by atoms with van der Waals surface area (Å²) < 4.78 is 65.3. The predicted octanol–water partition coefficient (Wildman–Crippen LogP) is 9.00. The van der Waals surface area contributed by atoms with Crippen molar-refractivity contribution in [1.82, 2.24) is 9.47 Å². The van der Waals surface area contributed by atoms with Crippen LogP contribution in [0.3, 0.4) is 0 Å². The number of rotatable bonds is 17. The van der Waals surface area contributed by atoms with Gasteiger partial charge in [-0.1, -0.05) is 26.0 Å². The number of ether oxygens (including phenoxy) is 2. The number of carbonyl (C=O) groups is 3. The molecule has 3 aromatic rings. The zero-order valence-electron chi connectivity index (χ0n) is 35.6. The second-order valence-corrected chi connectivity index (χ2v) is 18.5. The Kier molecular flexibility index (Phi) is 17.5. The SMILES string of the molecule is CC.CCOP(OCC)C(c1ccc(NC(=O)COC(=O)c2cn(C3CC3)c3cc(N4CCN(C(=O)OC(C)(C)C)CC4)c(F)cc3c2=O)cc1)P(=O)(OCC)OCC. The Morgan fingerprint density at radius 1 is 0.915 bits per heavy atom. The summed E-state index contributed by atoms with van der Waals surface area (Å²) in [4.78, 5) is 55.8. The Morgan fingerprint density at radius 3 is 2.03 bits per heavy atom. The summed E-state index contributed by atoms with van der Waals surface area (Å²) in [5.41, 5.74) is 0.0190. The number of hydrogen-bond donors (Lipinski definition) is 1. The van der Waals surface area contributed by atoms with Gasteiger partial charge in [-0.2, -0.15) is 0 Å². The second kappa shape index (κ2) is 21.6. The number of anilines is 2. The molecule has 15 nitrogen and oxygen atoms in total. The summed E-state index contributed by atoms with van der Waals surface area (Å²) in [6.07, 6.45) is 2.61. The van der Waals surface area contributed by atoms with E-state index >= 15 is 4.39 Å². The maximum atomic E-state index is 15.7. The van der Waals surface area contributed by atoms with E-state index in [1.165, 1.54) is 6.20 Å². The van der Waals surface area contributed by atoms with Crippen molar-refractivity contribution >= 4 is 56.2 Å². The van der Waals surface area contributed by atoms with Crippen LogP contribution in [0.4, 0.5) is 20.6 Å². The van der Waals surface area contributed by atoms with Crippen LogP contribution in [0, 0.1) is 5.82 Å². The third-order valence-electron chi connectivity index (χ3n) is 8.99. The third kappa shape index (κ3) is 12.3. The first kappa shape index (κ1) is 47.8. The van der Waals surface area contributed by atoms with Gasteiger partial charge >= 0.3 is 19.7 Å². The molecule has 59 heavy (non-hydrogen) atoms. The second-order valence-electron chi connectivity index (χ2n) is 14.4. The van der Waals surface area contributed by atoms with Gasteiger partial charge in [-0.05, 0) is 91.1 Å². The Bertz CT molecular complexity index is 2000. The number of nitrogens with zero attached hydrogens (tertiary/aromatic N) is 3. The van der Waals surface area contributed by atoms with Gasteiger partial charge < -0.3 is 47.3 Å². The maximum absolute atomic E-state index is 15.7. The number of pyridine rings is 1. The zero-order chi connectivity index (χ0) is 43.5. The van der Waals surface area contributed by atoms with Gasteiger partial charge in [-0.15, -0.1) is 0 Å². The molecule has 18 heteroatoms. The Labute approximate surface area is 347 Å². The molecule has 1 aromatic heterocycles. The van der Waals surface area contributed by atoms with E-state index in [0.717, 1.165) is 18.9 Å². The number of fused-ring (bicyclic) bond motifs is 1. The lowest BCUT2D eigenvalue weighted by molar-refractivity contribution is -0.119. The molecule has 2 aliphatic rings. The smallest absolute Gasteiger partial charge is 0.410 e. The van der Waals surface area contributed by atoms with Crippen LogP contribution in [-0.4, -0.2) is 92.3 Å². The van der Waals surface area contributed by atoms with Gasteiger partial charge in [0.15, 0.2) is 20.4 Å². The largest absolute Gasteiger partial charge is 0.452 e. The number of piperazine rings is 1. The van der Waals surface area contributed by atoms with Crippen LogP contribution in [0.5, 0.6) is 0 Å². The number of benzene rings is 2. The predicted molar refractivity (Wildman–Crippen MR) is 227 cm³/mol. The lowest BCUT2D eigenvalue weighted by Gasteiger charge is -2.37. The fourth-order valence-electron chi connectivity index (χ4n) is 6.39. The van der Waals surface area contributed by atoms with Crippen LogP contribution in [0.15, 0.2) is 47.4 Å². The average Bonchev–Trinajstić information content (AvgIpc) is 4.04. The fraction of sp³-hybridized carbons (Fsp3) is 0.561. The molecule has 1 atom stereocenters. The molecule has 1 unspecified atom stereocenters. The maximum Gasteiger partial charge on any atom is 0.410 e. The van der Waals surface area contributed by atoms with Crippen LogP contribution in [0.25, 0.3) is 10.9 Å². The fourth-order valence-corrected chi connectivity index (χ4v) is 11.0. The molecular weight excluding hydrogens is 805 g/mol. The van der Waals surface area contributed by atoms with Gasteiger partial charge in [-0.3, -0.25) is 14.2 Å². The zero-order valence-corrected chi connectivity index (χ0v) is 37.4. The molecule has 1 saturated heterocycles. The van der Waals surface area contributed by atoms with Crippen LogP contribution >= 0.6 is 16.0 Å². The molecule has 2 aromatic carbocycles. The highest BCUT2D eigenvalue weighted by atomic mass is 31.2. The molecule has 1 N–H and O–H groups in total. The van der Waals surface area contributed by atoms with Gasteiger partial charge in [0, 0.05) is 49.5 Å². The molecule has 2 heterocycles. The number of amides is 2. The van der Waals surface area contributed by atoms with Crippen molar-refractivity contribution in [2.24, 2.45) is 0 Å². The number of aromatic nitrogens is 1. The van der Waals surface area contributed by atoms with Crippen LogP contribution in [-0.2, 0) is 36.9 Å². The lowest BCUT2D eigenvalue weighted by atomic mass is 10.1. The number of nitrogens with one attached hydrogen (secondary N) is 1. The molecule has 0 radical (unpaired) electrons. The first-order valence-corrected chi connectivity index (χ1v) is 23.1. The van der Waals surface area contributed by atoms with Gasteiger partial charge in [-0.25, -0.2) is 14.0 Å². The van der Waals surface area contributed by atoms with E-state index in [1.54, 1.807) is 74.4 Å². The summed E-state index contributed by atoms with van der Waals surface area (Å²) in [5, 5.41) is 1.82. The standard InChI is InChI=1S/C39H53FN4O11P2.C2H6/c1-8-51-56(52-9-2)37(57(49,53-10-3)54-11-4)26-12-14-27(15-13-26)41-34(45)25-50-36(47)30-24-44(28-16-17-28)32-23-33(31(40)22-29(32)35(30)46)42-18-20-43(21-19-42)38(48)55-39(5,6)7;1-2/h12-15,22-24,28,37H,8-11,16-21,25H2,1-7H3,(H,41,45);1-2H3. The van der Waals surface area contributed by atoms with Crippen LogP contribution in [0.2, 0.25) is 0 Å². The Balaban J connectivity index is 0.00000378. The first-order valence-electron chi connectivity index (χ1n) is 20.2. The van der Waals surface area contributed by atoms with E-state index in [-0.39, 0.29) is 35.9 Å². The molecule has 0 spiro atoms. The van der Waals surface area contributed by atoms with E-state index in [1.807, 2.05) is 32.6 Å². The monoisotopic (exact) mass is 864 g/mol. The molecule has 1 saturated carbocycles. The molecule has 1 aliphatic carbocycles. The average molecular weight is 865 g/mol. The van der Waals surface area contributed by atoms with Crippen molar-refractivity contribution in [3.63, 3.8) is 0 Å². The van der Waals surface area contributed by atoms with E-state index in [9.17, 15) is 23.7 Å². The highest BCUT2D eigenvalue weighted by Crippen LogP contribution is 2.74. The quantitative estimate of drug-likeness (QED) is 0.101. The summed E-state index contributed by atoms with van der Waals surface area (Å²) in [6.45, 7) is 18.1. The summed E-state index contributed by atoms with van der Waals surface area (Å²) in [7, 11) is -5.47. The van der Waals surface area contributed by atoms with Crippen molar-refractivity contribution in [2.75, 3.05) is 69.4 Å². The molecule has 5 rings (SSSR count). The van der Waals surface area contributed by atoms with Crippen molar-refractivity contribution in [3.05, 3.63) is 69.8 Å². The highest BCUT2D eigenvalue weighted by molar-refractivity contribution is 7.69. The highest BCUT2D eigenvalue weighted by Gasteiger charge is 2.45. The first-order chi connectivity index (χ1) is 28.1. The summed E-state index contributed by atoms with van der Waals surface area (Å²) >= 11 is 0. The molecule has 2 fully saturated rings.